The topological polar surface area (TPSA) is 69.7 Å². The molecule has 5 nitrogen and oxygen atoms in total. The van der Waals surface area contributed by atoms with Crippen molar-refractivity contribution in [2.24, 2.45) is 17.3 Å². The maximum atomic E-state index is 12.6. The molecule has 0 amide bonds. The molecule has 0 saturated carbocycles. The lowest BCUT2D eigenvalue weighted by Gasteiger charge is -2.31. The quantitative estimate of drug-likeness (QED) is 0.234. The summed E-state index contributed by atoms with van der Waals surface area (Å²) in [6, 6.07) is 0. The zero-order chi connectivity index (χ0) is 20.3. The van der Waals surface area contributed by atoms with Crippen molar-refractivity contribution in [1.82, 2.24) is 0 Å². The monoisotopic (exact) mass is 382 g/mol. The minimum atomic E-state index is -1.01. The summed E-state index contributed by atoms with van der Waals surface area (Å²) in [6.45, 7) is 7.78. The Morgan fingerprint density at radius 2 is 1.44 bits per heavy atom. The lowest BCUT2D eigenvalue weighted by Crippen LogP contribution is -2.42. The zero-order valence-electron chi connectivity index (χ0n) is 17.7. The minimum Gasteiger partial charge on any atom is -0.465 e. The summed E-state index contributed by atoms with van der Waals surface area (Å²) in [4.78, 5) is 36.3. The fourth-order valence-electron chi connectivity index (χ4n) is 3.82. The van der Waals surface area contributed by atoms with E-state index in [9.17, 15) is 14.4 Å². The molecule has 1 fully saturated rings. The summed E-state index contributed by atoms with van der Waals surface area (Å²) < 4.78 is 10.2. The van der Waals surface area contributed by atoms with Gasteiger partial charge < -0.3 is 9.47 Å². The Hall–Kier alpha value is -1.39. The number of hydrogen-bond acceptors (Lipinski definition) is 5. The van der Waals surface area contributed by atoms with Crippen molar-refractivity contribution >= 4 is 17.9 Å². The molecule has 0 aliphatic carbocycles. The molecular formula is C22H38O5. The zero-order valence-corrected chi connectivity index (χ0v) is 17.7. The highest BCUT2D eigenvalue weighted by atomic mass is 16.6. The molecule has 0 spiro atoms. The molecule has 1 aliphatic rings. The first-order chi connectivity index (χ1) is 12.9. The average molecular weight is 383 g/mol. The number of carbonyl (C=O) groups excluding carboxylic acids is 3. The van der Waals surface area contributed by atoms with Crippen LogP contribution in [0.3, 0.4) is 0 Å². The van der Waals surface area contributed by atoms with Crippen LogP contribution in [0.5, 0.6) is 0 Å². The smallest absolute Gasteiger partial charge is 0.318 e. The second-order valence-corrected chi connectivity index (χ2v) is 8.10. The fraction of sp³-hybridized carbons (Fsp3) is 0.864. The van der Waals surface area contributed by atoms with E-state index in [2.05, 4.69) is 6.92 Å². The molecule has 27 heavy (non-hydrogen) atoms. The fourth-order valence-corrected chi connectivity index (χ4v) is 3.82. The standard InChI is InChI=1S/C22H38O5/c1-5-7-8-9-10-11-12-13-14-15-16-26-21(25)22(4,6-2)18-17(3)19(23)27-20(18)24/h17-18H,5-16H2,1-4H3. The van der Waals surface area contributed by atoms with Gasteiger partial charge in [-0.1, -0.05) is 78.6 Å². The first kappa shape index (κ1) is 23.6. The summed E-state index contributed by atoms with van der Waals surface area (Å²) in [5.74, 6) is -2.91. The largest absolute Gasteiger partial charge is 0.465 e. The molecular weight excluding hydrogens is 344 g/mol. The van der Waals surface area contributed by atoms with E-state index in [1.54, 1.807) is 13.8 Å². The van der Waals surface area contributed by atoms with Crippen LogP contribution in [0.1, 0.15) is 98.3 Å². The van der Waals surface area contributed by atoms with Crippen molar-refractivity contribution < 1.29 is 23.9 Å². The van der Waals surface area contributed by atoms with Gasteiger partial charge in [0, 0.05) is 0 Å². The molecule has 0 aromatic heterocycles. The molecule has 0 aromatic carbocycles. The third-order valence-electron chi connectivity index (χ3n) is 5.95. The summed E-state index contributed by atoms with van der Waals surface area (Å²) >= 11 is 0. The second-order valence-electron chi connectivity index (χ2n) is 8.10. The van der Waals surface area contributed by atoms with Crippen molar-refractivity contribution in [3.05, 3.63) is 0 Å². The Morgan fingerprint density at radius 3 is 1.89 bits per heavy atom. The molecule has 1 rings (SSSR count). The molecule has 1 heterocycles. The molecule has 0 N–H and O–H groups in total. The van der Waals surface area contributed by atoms with Crippen molar-refractivity contribution in [3.8, 4) is 0 Å². The number of unbranched alkanes of at least 4 members (excludes halogenated alkanes) is 9. The molecule has 0 radical (unpaired) electrons. The highest BCUT2D eigenvalue weighted by Gasteiger charge is 2.55. The van der Waals surface area contributed by atoms with Crippen LogP contribution < -0.4 is 0 Å². The number of ether oxygens (including phenoxy) is 2. The summed E-state index contributed by atoms with van der Waals surface area (Å²) in [5, 5.41) is 0. The van der Waals surface area contributed by atoms with Gasteiger partial charge in [-0.05, 0) is 19.8 Å². The van der Waals surface area contributed by atoms with Crippen LogP contribution in [-0.4, -0.2) is 24.5 Å². The summed E-state index contributed by atoms with van der Waals surface area (Å²) in [7, 11) is 0. The highest BCUT2D eigenvalue weighted by molar-refractivity contribution is 5.99. The van der Waals surface area contributed by atoms with Gasteiger partial charge in [-0.25, -0.2) is 0 Å². The van der Waals surface area contributed by atoms with Gasteiger partial charge in [-0.3, -0.25) is 14.4 Å². The van der Waals surface area contributed by atoms with Crippen LogP contribution in [0.2, 0.25) is 0 Å². The molecule has 1 saturated heterocycles. The van der Waals surface area contributed by atoms with Gasteiger partial charge in [-0.2, -0.15) is 0 Å². The maximum Gasteiger partial charge on any atom is 0.318 e. The Balaban J connectivity index is 2.25. The van der Waals surface area contributed by atoms with Crippen LogP contribution >= 0.6 is 0 Å². The van der Waals surface area contributed by atoms with E-state index in [4.69, 9.17) is 9.47 Å². The van der Waals surface area contributed by atoms with Crippen LogP contribution in [0.25, 0.3) is 0 Å². The average Bonchev–Trinajstić information content (AvgIpc) is 2.91. The highest BCUT2D eigenvalue weighted by Crippen LogP contribution is 2.42. The van der Waals surface area contributed by atoms with E-state index in [1.807, 2.05) is 6.92 Å². The van der Waals surface area contributed by atoms with Crippen molar-refractivity contribution in [1.29, 1.82) is 0 Å². The molecule has 5 heteroatoms. The summed E-state index contributed by atoms with van der Waals surface area (Å²) in [5.41, 5.74) is -1.01. The lowest BCUT2D eigenvalue weighted by molar-refractivity contribution is -0.165. The van der Waals surface area contributed by atoms with Gasteiger partial charge in [0.05, 0.1) is 23.9 Å². The van der Waals surface area contributed by atoms with E-state index >= 15 is 0 Å². The molecule has 0 aromatic rings. The normalized spacial score (nSPS) is 21.8. The Labute approximate surface area is 164 Å². The third kappa shape index (κ3) is 6.93. The minimum absolute atomic E-state index is 0.370. The van der Waals surface area contributed by atoms with E-state index < -0.39 is 35.2 Å². The van der Waals surface area contributed by atoms with Crippen LogP contribution in [0, 0.1) is 17.3 Å². The Morgan fingerprint density at radius 1 is 0.926 bits per heavy atom. The number of esters is 3. The second kappa shape index (κ2) is 12.1. The lowest BCUT2D eigenvalue weighted by atomic mass is 9.70. The van der Waals surface area contributed by atoms with E-state index in [-0.39, 0.29) is 0 Å². The van der Waals surface area contributed by atoms with E-state index in [1.165, 1.54) is 44.9 Å². The van der Waals surface area contributed by atoms with Crippen molar-refractivity contribution in [2.45, 2.75) is 98.3 Å². The molecule has 3 atom stereocenters. The Kier molecular flexibility index (Phi) is 10.6. The van der Waals surface area contributed by atoms with Crippen LogP contribution in [0.15, 0.2) is 0 Å². The molecule has 3 unspecified atom stereocenters. The maximum absolute atomic E-state index is 12.6. The summed E-state index contributed by atoms with van der Waals surface area (Å²) in [6.07, 6.45) is 12.6. The van der Waals surface area contributed by atoms with Crippen molar-refractivity contribution in [3.63, 3.8) is 0 Å². The van der Waals surface area contributed by atoms with Crippen molar-refractivity contribution in [2.75, 3.05) is 6.61 Å². The predicted molar refractivity (Wildman–Crippen MR) is 105 cm³/mol. The van der Waals surface area contributed by atoms with Gasteiger partial charge in [0.25, 0.3) is 0 Å². The first-order valence-corrected chi connectivity index (χ1v) is 10.8. The van der Waals surface area contributed by atoms with Gasteiger partial charge in [0.1, 0.15) is 0 Å². The van der Waals surface area contributed by atoms with Crippen LogP contribution in [0.4, 0.5) is 0 Å². The van der Waals surface area contributed by atoms with Crippen LogP contribution in [-0.2, 0) is 23.9 Å². The third-order valence-corrected chi connectivity index (χ3v) is 5.95. The van der Waals surface area contributed by atoms with Gasteiger partial charge in [0.2, 0.25) is 0 Å². The van der Waals surface area contributed by atoms with Gasteiger partial charge in [0.15, 0.2) is 0 Å². The first-order valence-electron chi connectivity index (χ1n) is 10.8. The molecule has 156 valence electrons. The number of rotatable bonds is 14. The van der Waals surface area contributed by atoms with Gasteiger partial charge in [-0.15, -0.1) is 0 Å². The predicted octanol–water partition coefficient (Wildman–Crippen LogP) is 5.20. The van der Waals surface area contributed by atoms with E-state index in [0.29, 0.717) is 13.0 Å². The molecule has 0 bridgehead atoms. The SMILES string of the molecule is CCCCCCCCCCCCOC(=O)C(C)(CC)C1C(=O)OC(=O)C1C. The Bertz CT molecular complexity index is 487. The number of carbonyl (C=O) groups is 3. The van der Waals surface area contributed by atoms with E-state index in [0.717, 1.165) is 19.3 Å². The number of cyclic esters (lactones) is 2. The molecule has 1 aliphatic heterocycles. The van der Waals surface area contributed by atoms with Gasteiger partial charge >= 0.3 is 17.9 Å². The number of hydrogen-bond donors (Lipinski definition) is 0.